The third kappa shape index (κ3) is 6.67. The fourth-order valence-corrected chi connectivity index (χ4v) is 7.85. The molecule has 10 heteroatoms. The third-order valence-corrected chi connectivity index (χ3v) is 11.3. The van der Waals surface area contributed by atoms with Crippen molar-refractivity contribution in [3.63, 3.8) is 0 Å². The van der Waals surface area contributed by atoms with Gasteiger partial charge in [0.05, 0.1) is 24.7 Å². The van der Waals surface area contributed by atoms with Crippen molar-refractivity contribution in [2.24, 2.45) is 5.41 Å². The van der Waals surface area contributed by atoms with E-state index in [1.54, 1.807) is 26.6 Å². The van der Waals surface area contributed by atoms with Crippen LogP contribution in [0.1, 0.15) is 49.3 Å². The van der Waals surface area contributed by atoms with Gasteiger partial charge >= 0.3 is 0 Å². The summed E-state index contributed by atoms with van der Waals surface area (Å²) in [5.41, 5.74) is 6.74. The van der Waals surface area contributed by atoms with Gasteiger partial charge in [0.25, 0.3) is 0 Å². The summed E-state index contributed by atoms with van der Waals surface area (Å²) >= 11 is 6.54. The molecule has 0 amide bonds. The number of nitrogens with zero attached hydrogens (tertiary/aromatic N) is 4. The normalized spacial score (nSPS) is 16.8. The Hall–Kier alpha value is -2.80. The molecule has 0 radical (unpaired) electrons. The Bertz CT molecular complexity index is 1540. The number of aryl methyl sites for hydroxylation is 3. The first kappa shape index (κ1) is 31.6. The van der Waals surface area contributed by atoms with Gasteiger partial charge in [-0.05, 0) is 114 Å². The number of halogens is 1. The second-order valence-electron chi connectivity index (χ2n) is 13.0. The smallest absolute Gasteiger partial charge is 0.229 e. The molecule has 2 aromatic carbocycles. The van der Waals surface area contributed by atoms with E-state index in [-0.39, 0.29) is 0 Å². The number of aromatic nitrogens is 2. The van der Waals surface area contributed by atoms with Gasteiger partial charge in [-0.25, -0.2) is 4.98 Å². The van der Waals surface area contributed by atoms with Crippen LogP contribution in [-0.2, 0) is 11.0 Å². The lowest BCUT2D eigenvalue weighted by Crippen LogP contribution is -2.53. The van der Waals surface area contributed by atoms with E-state index < -0.39 is 7.14 Å². The molecule has 2 aliphatic rings. The number of hydrogen-bond donors (Lipinski definition) is 2. The van der Waals surface area contributed by atoms with Crippen molar-refractivity contribution < 1.29 is 9.30 Å². The Kier molecular flexibility index (Phi) is 9.04. The molecular formula is C33H46ClN6O2P. The van der Waals surface area contributed by atoms with Gasteiger partial charge in [0.15, 0.2) is 5.82 Å². The molecule has 1 aliphatic heterocycles. The van der Waals surface area contributed by atoms with Crippen LogP contribution >= 0.6 is 18.7 Å². The van der Waals surface area contributed by atoms with Gasteiger partial charge in [0.2, 0.25) is 5.95 Å². The minimum Gasteiger partial charge on any atom is -0.494 e. The average molecular weight is 625 g/mol. The molecule has 232 valence electrons. The van der Waals surface area contributed by atoms with E-state index in [0.29, 0.717) is 22.2 Å². The van der Waals surface area contributed by atoms with E-state index in [2.05, 4.69) is 58.6 Å². The summed E-state index contributed by atoms with van der Waals surface area (Å²) in [6, 6.07) is 9.02. The second-order valence-corrected chi connectivity index (χ2v) is 16.6. The fourth-order valence-electron chi connectivity index (χ4n) is 6.50. The van der Waals surface area contributed by atoms with Gasteiger partial charge in [0.1, 0.15) is 17.9 Å². The number of rotatable bonds is 9. The molecule has 1 aliphatic carbocycles. The Morgan fingerprint density at radius 1 is 1.07 bits per heavy atom. The number of benzene rings is 2. The molecule has 1 saturated carbocycles. The van der Waals surface area contributed by atoms with Crippen LogP contribution in [0.4, 0.5) is 28.8 Å². The molecule has 1 saturated heterocycles. The molecule has 43 heavy (non-hydrogen) atoms. The average Bonchev–Trinajstić information content (AvgIpc) is 2.94. The molecule has 2 heterocycles. The van der Waals surface area contributed by atoms with Crippen LogP contribution in [0, 0.1) is 19.3 Å². The number of ether oxygens (including phenoxy) is 1. The molecule has 2 fully saturated rings. The summed E-state index contributed by atoms with van der Waals surface area (Å²) in [7, 11) is 3.54. The van der Waals surface area contributed by atoms with Crippen LogP contribution in [0.5, 0.6) is 5.75 Å². The molecule has 2 N–H and O–H groups in total. The molecule has 1 aromatic heterocycles. The lowest BCUT2D eigenvalue weighted by molar-refractivity contribution is 0.00488. The zero-order valence-corrected chi connectivity index (χ0v) is 28.5. The van der Waals surface area contributed by atoms with Crippen molar-refractivity contribution >= 4 is 52.9 Å². The van der Waals surface area contributed by atoms with Crippen molar-refractivity contribution in [2.75, 3.05) is 63.2 Å². The van der Waals surface area contributed by atoms with E-state index in [0.717, 1.165) is 59.1 Å². The Balaban J connectivity index is 1.37. The van der Waals surface area contributed by atoms with Crippen molar-refractivity contribution in [1.29, 1.82) is 0 Å². The maximum Gasteiger partial charge on any atom is 0.229 e. The van der Waals surface area contributed by atoms with Gasteiger partial charge in [-0.2, -0.15) is 4.98 Å². The first-order valence-electron chi connectivity index (χ1n) is 15.2. The molecule has 1 spiro atoms. The molecule has 0 atom stereocenters. The molecule has 5 rings (SSSR count). The highest BCUT2D eigenvalue weighted by Crippen LogP contribution is 2.51. The SMILES string of the molecule is CCc1cc(Nc2ncc(Cl)c(Nc3cc(C)c(C)cc3P(C)(C)=O)n2)c(OC)cc1N1CCC2(CC1)CC(N(C)C)C2. The van der Waals surface area contributed by atoms with Crippen LogP contribution in [0.25, 0.3) is 0 Å². The van der Waals surface area contributed by atoms with Crippen LogP contribution < -0.4 is 25.6 Å². The van der Waals surface area contributed by atoms with Crippen LogP contribution in [0.3, 0.4) is 0 Å². The minimum absolute atomic E-state index is 0.375. The van der Waals surface area contributed by atoms with E-state index in [9.17, 15) is 4.57 Å². The lowest BCUT2D eigenvalue weighted by atomic mass is 9.60. The van der Waals surface area contributed by atoms with Crippen LogP contribution in [-0.4, -0.2) is 68.5 Å². The third-order valence-electron chi connectivity index (χ3n) is 9.45. The zero-order valence-electron chi connectivity index (χ0n) is 26.8. The lowest BCUT2D eigenvalue weighted by Gasteiger charge is -2.54. The molecule has 0 unspecified atom stereocenters. The number of piperidine rings is 1. The second kappa shape index (κ2) is 12.3. The van der Waals surface area contributed by atoms with Crippen LogP contribution in [0.2, 0.25) is 5.02 Å². The number of methoxy groups -OCH3 is 1. The Morgan fingerprint density at radius 2 is 1.74 bits per heavy atom. The number of hydrogen-bond acceptors (Lipinski definition) is 8. The predicted molar refractivity (Wildman–Crippen MR) is 182 cm³/mol. The Labute approximate surface area is 262 Å². The Morgan fingerprint density at radius 3 is 2.35 bits per heavy atom. The number of anilines is 5. The van der Waals surface area contributed by atoms with Crippen molar-refractivity contribution in [2.45, 2.75) is 58.9 Å². The molecule has 3 aromatic rings. The summed E-state index contributed by atoms with van der Waals surface area (Å²) in [4.78, 5) is 14.1. The molecule has 8 nitrogen and oxygen atoms in total. The minimum atomic E-state index is -2.56. The van der Waals surface area contributed by atoms with Gasteiger partial charge in [-0.3, -0.25) is 0 Å². The topological polar surface area (TPSA) is 82.6 Å². The summed E-state index contributed by atoms with van der Waals surface area (Å²) in [5, 5.41) is 7.85. The highest BCUT2D eigenvalue weighted by molar-refractivity contribution is 7.70. The monoisotopic (exact) mass is 624 g/mol. The van der Waals surface area contributed by atoms with Crippen molar-refractivity contribution in [1.82, 2.24) is 14.9 Å². The van der Waals surface area contributed by atoms with E-state index in [1.165, 1.54) is 36.9 Å². The fraction of sp³-hybridized carbons (Fsp3) is 0.515. The predicted octanol–water partition coefficient (Wildman–Crippen LogP) is 7.36. The van der Waals surface area contributed by atoms with Gasteiger partial charge in [-0.15, -0.1) is 0 Å². The summed E-state index contributed by atoms with van der Waals surface area (Å²) in [5.74, 6) is 1.58. The van der Waals surface area contributed by atoms with Gasteiger partial charge in [0, 0.05) is 36.2 Å². The van der Waals surface area contributed by atoms with E-state index in [4.69, 9.17) is 21.3 Å². The first-order chi connectivity index (χ1) is 20.3. The van der Waals surface area contributed by atoms with E-state index in [1.807, 2.05) is 26.0 Å². The van der Waals surface area contributed by atoms with Crippen molar-refractivity contribution in [3.05, 3.63) is 52.2 Å². The quantitative estimate of drug-likeness (QED) is 0.239. The molecule has 0 bridgehead atoms. The van der Waals surface area contributed by atoms with Gasteiger partial charge < -0.3 is 29.7 Å². The van der Waals surface area contributed by atoms with Crippen molar-refractivity contribution in [3.8, 4) is 5.75 Å². The maximum atomic E-state index is 13.1. The van der Waals surface area contributed by atoms with Crippen LogP contribution in [0.15, 0.2) is 30.5 Å². The van der Waals surface area contributed by atoms with Gasteiger partial charge in [-0.1, -0.05) is 18.5 Å². The summed E-state index contributed by atoms with van der Waals surface area (Å²) < 4.78 is 19.0. The standard InChI is InChI=1S/C33H46ClN6O2P/c1-9-23-16-26(29(42-6)17-28(23)40-12-10-33(11-13-40)18-24(19-33)39(4)5)37-32-35-20-25(34)31(38-32)36-27-14-21(2)22(3)15-30(27)43(7,8)41/h14-17,20,24H,9-13,18-19H2,1-8H3,(H2,35,36,37,38). The van der Waals surface area contributed by atoms with E-state index >= 15 is 0 Å². The number of nitrogens with one attached hydrogen (secondary N) is 2. The highest BCUT2D eigenvalue weighted by atomic mass is 35.5. The highest BCUT2D eigenvalue weighted by Gasteiger charge is 2.46. The molecular weight excluding hydrogens is 579 g/mol. The zero-order chi connectivity index (χ0) is 31.1. The first-order valence-corrected chi connectivity index (χ1v) is 18.2. The maximum absolute atomic E-state index is 13.1. The largest absolute Gasteiger partial charge is 0.494 e. The summed E-state index contributed by atoms with van der Waals surface area (Å²) in [6.45, 7) is 11.9. The summed E-state index contributed by atoms with van der Waals surface area (Å²) in [6.07, 6.45) is 7.59.